The number of benzene rings is 1. The van der Waals surface area contributed by atoms with Gasteiger partial charge in [0.2, 0.25) is 0 Å². The summed E-state index contributed by atoms with van der Waals surface area (Å²) in [4.78, 5) is 13.9. The van der Waals surface area contributed by atoms with Crippen molar-refractivity contribution in [2.45, 2.75) is 38.6 Å². The molecule has 0 spiro atoms. The number of nitrogens with zero attached hydrogens (tertiary/aromatic N) is 1. The number of carbonyl (C=O) groups is 1. The second-order valence-electron chi connectivity index (χ2n) is 6.00. The first-order chi connectivity index (χ1) is 10.1. The Hall–Kier alpha value is -0.870. The Labute approximate surface area is 135 Å². The van der Waals surface area contributed by atoms with E-state index in [1.165, 1.54) is 44.8 Å². The van der Waals surface area contributed by atoms with Gasteiger partial charge in [-0.1, -0.05) is 41.3 Å². The third-order valence-electron chi connectivity index (χ3n) is 4.21. The molecule has 4 heteroatoms. The number of carbonyl (C=O) groups excluding carboxylic acids is 1. The van der Waals surface area contributed by atoms with Gasteiger partial charge in [0.1, 0.15) is 0 Å². The molecule has 1 aliphatic carbocycles. The fourth-order valence-corrected chi connectivity index (χ4v) is 3.59. The van der Waals surface area contributed by atoms with Crippen LogP contribution in [0.3, 0.4) is 0 Å². The fourth-order valence-electron chi connectivity index (χ4n) is 3.09. The number of ether oxygens (including phenoxy) is 1. The van der Waals surface area contributed by atoms with E-state index in [0.29, 0.717) is 5.56 Å². The molecular formula is C17H24BrNO2. The highest BCUT2D eigenvalue weighted by molar-refractivity contribution is 9.10. The molecule has 0 amide bonds. The zero-order valence-electron chi connectivity index (χ0n) is 12.9. The van der Waals surface area contributed by atoms with E-state index in [-0.39, 0.29) is 5.97 Å². The maximum Gasteiger partial charge on any atom is 0.337 e. The minimum absolute atomic E-state index is 0.294. The number of rotatable bonds is 5. The topological polar surface area (TPSA) is 29.5 Å². The maximum absolute atomic E-state index is 11.5. The molecule has 1 aromatic rings. The summed E-state index contributed by atoms with van der Waals surface area (Å²) < 4.78 is 5.72. The molecule has 0 N–H and O–H groups in total. The van der Waals surface area contributed by atoms with Crippen molar-refractivity contribution in [1.82, 2.24) is 4.90 Å². The summed E-state index contributed by atoms with van der Waals surface area (Å²) in [7, 11) is 3.58. The standard InChI is InChI=1S/C17H24BrNO2/c1-19(11-13-6-4-3-5-7-13)12-15-9-8-14(10-16(15)18)17(20)21-2/h8-10,13H,3-7,11-12H2,1-2H3. The number of halogens is 1. The van der Waals surface area contributed by atoms with Gasteiger partial charge in [-0.15, -0.1) is 0 Å². The molecule has 1 aliphatic rings. The Kier molecular flexibility index (Phi) is 6.24. The third kappa shape index (κ3) is 4.82. The van der Waals surface area contributed by atoms with Gasteiger partial charge in [0, 0.05) is 17.6 Å². The van der Waals surface area contributed by atoms with Crippen molar-refractivity contribution in [1.29, 1.82) is 0 Å². The first kappa shape index (κ1) is 16.5. The molecule has 21 heavy (non-hydrogen) atoms. The average molecular weight is 354 g/mol. The highest BCUT2D eigenvalue weighted by Gasteiger charge is 2.16. The van der Waals surface area contributed by atoms with Crippen LogP contribution in [0.2, 0.25) is 0 Å². The largest absolute Gasteiger partial charge is 0.465 e. The predicted molar refractivity (Wildman–Crippen MR) is 88.4 cm³/mol. The van der Waals surface area contributed by atoms with Crippen LogP contribution in [0.15, 0.2) is 22.7 Å². The average Bonchev–Trinajstić information content (AvgIpc) is 2.49. The summed E-state index contributed by atoms with van der Waals surface area (Å²) in [5.41, 5.74) is 1.80. The van der Waals surface area contributed by atoms with E-state index < -0.39 is 0 Å². The Balaban J connectivity index is 1.93. The van der Waals surface area contributed by atoms with E-state index in [1.807, 2.05) is 18.2 Å². The molecule has 0 atom stereocenters. The molecule has 0 aromatic heterocycles. The van der Waals surface area contributed by atoms with Gasteiger partial charge in [-0.2, -0.15) is 0 Å². The Morgan fingerprint density at radius 1 is 1.33 bits per heavy atom. The van der Waals surface area contributed by atoms with Crippen LogP contribution in [0.1, 0.15) is 48.0 Å². The van der Waals surface area contributed by atoms with Gasteiger partial charge in [0.25, 0.3) is 0 Å². The normalized spacial score (nSPS) is 16.2. The number of hydrogen-bond donors (Lipinski definition) is 0. The molecule has 2 rings (SSSR count). The predicted octanol–water partition coefficient (Wildman–Crippen LogP) is 4.25. The summed E-state index contributed by atoms with van der Waals surface area (Å²) in [5, 5.41) is 0. The van der Waals surface area contributed by atoms with Crippen molar-refractivity contribution in [3.8, 4) is 0 Å². The van der Waals surface area contributed by atoms with Crippen molar-refractivity contribution in [3.63, 3.8) is 0 Å². The maximum atomic E-state index is 11.5. The van der Waals surface area contributed by atoms with Crippen LogP contribution in [0.4, 0.5) is 0 Å². The second kappa shape index (κ2) is 7.95. The molecule has 0 saturated heterocycles. The first-order valence-electron chi connectivity index (χ1n) is 7.65. The summed E-state index contributed by atoms with van der Waals surface area (Å²) in [6, 6.07) is 5.68. The van der Waals surface area contributed by atoms with Crippen LogP contribution in [0.25, 0.3) is 0 Å². The highest BCUT2D eigenvalue weighted by atomic mass is 79.9. The van der Waals surface area contributed by atoms with Gasteiger partial charge < -0.3 is 9.64 Å². The van der Waals surface area contributed by atoms with Gasteiger partial charge in [-0.25, -0.2) is 4.79 Å². The van der Waals surface area contributed by atoms with E-state index in [2.05, 4.69) is 27.9 Å². The minimum atomic E-state index is -0.294. The Morgan fingerprint density at radius 2 is 2.05 bits per heavy atom. The van der Waals surface area contributed by atoms with E-state index in [0.717, 1.165) is 23.5 Å². The van der Waals surface area contributed by atoms with Crippen molar-refractivity contribution < 1.29 is 9.53 Å². The van der Waals surface area contributed by atoms with E-state index in [4.69, 9.17) is 4.74 Å². The Bertz CT molecular complexity index is 484. The lowest BCUT2D eigenvalue weighted by atomic mass is 9.89. The zero-order chi connectivity index (χ0) is 15.2. The Morgan fingerprint density at radius 3 is 2.67 bits per heavy atom. The van der Waals surface area contributed by atoms with E-state index in [1.54, 1.807) is 0 Å². The van der Waals surface area contributed by atoms with Crippen molar-refractivity contribution in [2.24, 2.45) is 5.92 Å². The van der Waals surface area contributed by atoms with Gasteiger partial charge in [0.15, 0.2) is 0 Å². The van der Waals surface area contributed by atoms with Gasteiger partial charge in [-0.3, -0.25) is 0 Å². The quantitative estimate of drug-likeness (QED) is 0.741. The van der Waals surface area contributed by atoms with Crippen LogP contribution in [0.5, 0.6) is 0 Å². The third-order valence-corrected chi connectivity index (χ3v) is 4.95. The molecule has 3 nitrogen and oxygen atoms in total. The zero-order valence-corrected chi connectivity index (χ0v) is 14.5. The van der Waals surface area contributed by atoms with Crippen LogP contribution >= 0.6 is 15.9 Å². The lowest BCUT2D eigenvalue weighted by Gasteiger charge is -2.27. The molecule has 1 aromatic carbocycles. The van der Waals surface area contributed by atoms with E-state index >= 15 is 0 Å². The molecule has 0 bridgehead atoms. The second-order valence-corrected chi connectivity index (χ2v) is 6.85. The number of hydrogen-bond acceptors (Lipinski definition) is 3. The molecule has 0 radical (unpaired) electrons. The molecule has 1 fully saturated rings. The fraction of sp³-hybridized carbons (Fsp3) is 0.588. The molecule has 0 heterocycles. The van der Waals surface area contributed by atoms with Crippen molar-refractivity contribution >= 4 is 21.9 Å². The van der Waals surface area contributed by atoms with Gasteiger partial charge >= 0.3 is 5.97 Å². The smallest absolute Gasteiger partial charge is 0.337 e. The minimum Gasteiger partial charge on any atom is -0.465 e. The summed E-state index contributed by atoms with van der Waals surface area (Å²) >= 11 is 3.56. The van der Waals surface area contributed by atoms with Crippen molar-refractivity contribution in [2.75, 3.05) is 20.7 Å². The summed E-state index contributed by atoms with van der Waals surface area (Å²) in [6.07, 6.45) is 6.91. The number of methoxy groups -OCH3 is 1. The SMILES string of the molecule is COC(=O)c1ccc(CN(C)CC2CCCCC2)c(Br)c1. The van der Waals surface area contributed by atoms with Crippen LogP contribution < -0.4 is 0 Å². The van der Waals surface area contributed by atoms with Crippen LogP contribution in [-0.2, 0) is 11.3 Å². The van der Waals surface area contributed by atoms with Gasteiger partial charge in [0.05, 0.1) is 12.7 Å². The van der Waals surface area contributed by atoms with E-state index in [9.17, 15) is 4.79 Å². The van der Waals surface area contributed by atoms with Crippen molar-refractivity contribution in [3.05, 3.63) is 33.8 Å². The van der Waals surface area contributed by atoms with Crippen LogP contribution in [0, 0.1) is 5.92 Å². The van der Waals surface area contributed by atoms with Gasteiger partial charge in [-0.05, 0) is 43.5 Å². The molecule has 0 aliphatic heterocycles. The lowest BCUT2D eigenvalue weighted by Crippen LogP contribution is -2.26. The molecule has 116 valence electrons. The highest BCUT2D eigenvalue weighted by Crippen LogP contribution is 2.25. The monoisotopic (exact) mass is 353 g/mol. The molecule has 0 unspecified atom stereocenters. The summed E-state index contributed by atoms with van der Waals surface area (Å²) in [6.45, 7) is 2.06. The molecule has 1 saturated carbocycles. The summed E-state index contributed by atoms with van der Waals surface area (Å²) in [5.74, 6) is 0.551. The lowest BCUT2D eigenvalue weighted by molar-refractivity contribution is 0.0600. The number of esters is 1. The van der Waals surface area contributed by atoms with Crippen LogP contribution in [-0.4, -0.2) is 31.6 Å². The first-order valence-corrected chi connectivity index (χ1v) is 8.44. The molecular weight excluding hydrogens is 330 g/mol.